The summed E-state index contributed by atoms with van der Waals surface area (Å²) in [5, 5.41) is 11.9. The maximum atomic E-state index is 13.1. The second-order valence-electron chi connectivity index (χ2n) is 7.78. The van der Waals surface area contributed by atoms with Gasteiger partial charge >= 0.3 is 6.03 Å². The minimum absolute atomic E-state index is 0.0307. The van der Waals surface area contributed by atoms with Gasteiger partial charge in [-0.05, 0) is 60.5 Å². The van der Waals surface area contributed by atoms with Crippen molar-refractivity contribution in [1.82, 2.24) is 5.32 Å². The first-order valence-corrected chi connectivity index (χ1v) is 10.9. The van der Waals surface area contributed by atoms with Crippen LogP contribution in [0.5, 0.6) is 17.2 Å². The highest BCUT2D eigenvalue weighted by molar-refractivity contribution is 6.39. The number of halogens is 1. The van der Waals surface area contributed by atoms with E-state index >= 15 is 0 Å². The SMILES string of the molecule is COc1cc(/C=C2\C(=O)NC(=O)N(c3ccc(O)cc3)C2=O)cc(Cl)c1OCc1ccc(C)cc1. The molecule has 1 aliphatic rings. The number of phenolic OH excluding ortho intramolecular Hbond substituents is 1. The summed E-state index contributed by atoms with van der Waals surface area (Å²) in [7, 11) is 1.45. The van der Waals surface area contributed by atoms with Gasteiger partial charge in [-0.3, -0.25) is 14.9 Å². The molecule has 0 saturated carbocycles. The molecule has 35 heavy (non-hydrogen) atoms. The highest BCUT2D eigenvalue weighted by Gasteiger charge is 2.36. The molecule has 0 bridgehead atoms. The zero-order chi connectivity index (χ0) is 25.1. The van der Waals surface area contributed by atoms with E-state index in [1.165, 1.54) is 43.5 Å². The number of hydrogen-bond acceptors (Lipinski definition) is 6. The largest absolute Gasteiger partial charge is 0.508 e. The van der Waals surface area contributed by atoms with Gasteiger partial charge < -0.3 is 14.6 Å². The number of nitrogens with one attached hydrogen (secondary N) is 1. The van der Waals surface area contributed by atoms with Crippen molar-refractivity contribution in [2.75, 3.05) is 12.0 Å². The fourth-order valence-corrected chi connectivity index (χ4v) is 3.74. The molecule has 2 N–H and O–H groups in total. The highest BCUT2D eigenvalue weighted by atomic mass is 35.5. The van der Waals surface area contributed by atoms with Crippen LogP contribution in [0.4, 0.5) is 10.5 Å². The predicted molar refractivity (Wildman–Crippen MR) is 131 cm³/mol. The standard InChI is InChI=1S/C26H21ClN2O6/c1-15-3-5-16(6-4-15)14-35-23-21(27)12-17(13-22(23)34-2)11-20-24(31)28-26(33)29(25(20)32)18-7-9-19(30)10-8-18/h3-13,30H,14H2,1-2H3,(H,28,31,33)/b20-11+. The molecule has 1 saturated heterocycles. The molecule has 0 atom stereocenters. The van der Waals surface area contributed by atoms with E-state index < -0.39 is 17.8 Å². The van der Waals surface area contributed by atoms with Crippen molar-refractivity contribution in [3.05, 3.63) is 87.9 Å². The van der Waals surface area contributed by atoms with Crippen molar-refractivity contribution in [3.63, 3.8) is 0 Å². The molecule has 0 unspecified atom stereocenters. The summed E-state index contributed by atoms with van der Waals surface area (Å²) >= 11 is 6.45. The van der Waals surface area contributed by atoms with Gasteiger partial charge in [-0.25, -0.2) is 9.69 Å². The lowest BCUT2D eigenvalue weighted by atomic mass is 10.1. The number of carbonyl (C=O) groups is 3. The maximum Gasteiger partial charge on any atom is 0.335 e. The van der Waals surface area contributed by atoms with E-state index in [4.69, 9.17) is 21.1 Å². The van der Waals surface area contributed by atoms with E-state index in [1.54, 1.807) is 6.07 Å². The third kappa shape index (κ3) is 5.12. The number of imide groups is 2. The van der Waals surface area contributed by atoms with Crippen LogP contribution >= 0.6 is 11.6 Å². The molecular weight excluding hydrogens is 472 g/mol. The summed E-state index contributed by atoms with van der Waals surface area (Å²) in [5.74, 6) is -1.07. The van der Waals surface area contributed by atoms with E-state index in [0.29, 0.717) is 17.1 Å². The van der Waals surface area contributed by atoms with Crippen LogP contribution in [0.3, 0.4) is 0 Å². The van der Waals surface area contributed by atoms with Gasteiger partial charge in [0.15, 0.2) is 11.5 Å². The Kier molecular flexibility index (Phi) is 6.75. The van der Waals surface area contributed by atoms with E-state index in [0.717, 1.165) is 16.0 Å². The van der Waals surface area contributed by atoms with Crippen LogP contribution in [0.15, 0.2) is 66.2 Å². The Morgan fingerprint density at radius 2 is 1.71 bits per heavy atom. The van der Waals surface area contributed by atoms with Gasteiger partial charge in [0.2, 0.25) is 0 Å². The van der Waals surface area contributed by atoms with Crippen molar-refractivity contribution in [2.45, 2.75) is 13.5 Å². The summed E-state index contributed by atoms with van der Waals surface area (Å²) in [6.45, 7) is 2.26. The summed E-state index contributed by atoms with van der Waals surface area (Å²) in [5.41, 5.74) is 2.40. The molecule has 178 valence electrons. The number of hydrogen-bond donors (Lipinski definition) is 2. The third-order valence-corrected chi connectivity index (χ3v) is 5.56. The molecule has 1 fully saturated rings. The number of rotatable bonds is 6. The number of ether oxygens (including phenoxy) is 2. The summed E-state index contributed by atoms with van der Waals surface area (Å²) in [6, 6.07) is 15.5. The molecule has 1 aliphatic heterocycles. The first-order valence-electron chi connectivity index (χ1n) is 10.5. The molecule has 3 aromatic carbocycles. The fraction of sp³-hybridized carbons (Fsp3) is 0.115. The van der Waals surface area contributed by atoms with Crippen molar-refractivity contribution >= 4 is 41.2 Å². The van der Waals surface area contributed by atoms with Crippen LogP contribution in [0, 0.1) is 6.92 Å². The zero-order valence-electron chi connectivity index (χ0n) is 18.9. The molecule has 0 radical (unpaired) electrons. The number of benzene rings is 3. The van der Waals surface area contributed by atoms with E-state index in [1.807, 2.05) is 31.2 Å². The Balaban J connectivity index is 1.63. The smallest absolute Gasteiger partial charge is 0.335 e. The number of aryl methyl sites for hydroxylation is 1. The van der Waals surface area contributed by atoms with Crippen molar-refractivity contribution < 1.29 is 29.0 Å². The van der Waals surface area contributed by atoms with Crippen molar-refractivity contribution in [3.8, 4) is 17.2 Å². The van der Waals surface area contributed by atoms with Crippen LogP contribution in [-0.2, 0) is 16.2 Å². The van der Waals surface area contributed by atoms with Crippen LogP contribution in [0.1, 0.15) is 16.7 Å². The van der Waals surface area contributed by atoms with Gasteiger partial charge in [-0.2, -0.15) is 0 Å². The molecule has 4 rings (SSSR count). The number of carbonyl (C=O) groups excluding carboxylic acids is 3. The molecule has 0 aliphatic carbocycles. The summed E-state index contributed by atoms with van der Waals surface area (Å²) in [6.07, 6.45) is 1.32. The molecule has 0 aromatic heterocycles. The monoisotopic (exact) mass is 492 g/mol. The lowest BCUT2D eigenvalue weighted by molar-refractivity contribution is -0.122. The lowest BCUT2D eigenvalue weighted by Gasteiger charge is -2.26. The number of phenols is 1. The molecule has 8 nitrogen and oxygen atoms in total. The molecular formula is C26H21ClN2O6. The molecule has 9 heteroatoms. The second-order valence-corrected chi connectivity index (χ2v) is 8.19. The van der Waals surface area contributed by atoms with E-state index in [-0.39, 0.29) is 28.6 Å². The van der Waals surface area contributed by atoms with Gasteiger partial charge in [0.05, 0.1) is 17.8 Å². The summed E-state index contributed by atoms with van der Waals surface area (Å²) in [4.78, 5) is 38.7. The first-order chi connectivity index (χ1) is 16.8. The first kappa shape index (κ1) is 23.8. The quantitative estimate of drug-likeness (QED) is 0.384. The maximum absolute atomic E-state index is 13.1. The highest BCUT2D eigenvalue weighted by Crippen LogP contribution is 2.38. The second kappa shape index (κ2) is 9.90. The number of amides is 4. The number of nitrogens with zero attached hydrogens (tertiary/aromatic N) is 1. The Labute approximate surface area is 206 Å². The predicted octanol–water partition coefficient (Wildman–Crippen LogP) is 4.61. The molecule has 0 spiro atoms. The van der Waals surface area contributed by atoms with E-state index in [2.05, 4.69) is 5.32 Å². The van der Waals surface area contributed by atoms with Gasteiger partial charge in [-0.15, -0.1) is 0 Å². The Morgan fingerprint density at radius 1 is 1.03 bits per heavy atom. The zero-order valence-corrected chi connectivity index (χ0v) is 19.6. The average Bonchev–Trinajstić information content (AvgIpc) is 2.83. The van der Waals surface area contributed by atoms with Crippen LogP contribution in [0.2, 0.25) is 5.02 Å². The molecule has 4 amide bonds. The van der Waals surface area contributed by atoms with Crippen LogP contribution in [-0.4, -0.2) is 30.1 Å². The number of methoxy groups -OCH3 is 1. The normalized spacial score (nSPS) is 14.8. The minimum Gasteiger partial charge on any atom is -0.508 e. The third-order valence-electron chi connectivity index (χ3n) is 5.28. The van der Waals surface area contributed by atoms with Crippen molar-refractivity contribution in [1.29, 1.82) is 0 Å². The van der Waals surface area contributed by atoms with Gasteiger partial charge in [0.25, 0.3) is 11.8 Å². The van der Waals surface area contributed by atoms with Gasteiger partial charge in [0, 0.05) is 0 Å². The lowest BCUT2D eigenvalue weighted by Crippen LogP contribution is -2.54. The van der Waals surface area contributed by atoms with Crippen molar-refractivity contribution in [2.24, 2.45) is 0 Å². The van der Waals surface area contributed by atoms with Gasteiger partial charge in [0.1, 0.15) is 17.9 Å². The minimum atomic E-state index is -0.890. The fourth-order valence-electron chi connectivity index (χ4n) is 3.46. The Morgan fingerprint density at radius 3 is 2.37 bits per heavy atom. The number of barbiturate groups is 1. The number of anilines is 1. The van der Waals surface area contributed by atoms with Crippen LogP contribution < -0.4 is 19.7 Å². The van der Waals surface area contributed by atoms with Gasteiger partial charge in [-0.1, -0.05) is 41.4 Å². The average molecular weight is 493 g/mol. The summed E-state index contributed by atoms with van der Waals surface area (Å²) < 4.78 is 11.3. The topological polar surface area (TPSA) is 105 Å². The Bertz CT molecular complexity index is 1330. The molecule has 3 aromatic rings. The number of urea groups is 1. The van der Waals surface area contributed by atoms with E-state index in [9.17, 15) is 19.5 Å². The number of aromatic hydroxyl groups is 1. The molecule has 1 heterocycles. The Hall–Kier alpha value is -4.30. The van der Waals surface area contributed by atoms with Crippen LogP contribution in [0.25, 0.3) is 6.08 Å².